The second kappa shape index (κ2) is 12.0. The van der Waals surface area contributed by atoms with Crippen LogP contribution in [-0.2, 0) is 9.47 Å². The summed E-state index contributed by atoms with van der Waals surface area (Å²) in [5.41, 5.74) is 3.41. The van der Waals surface area contributed by atoms with Crippen LogP contribution in [0.15, 0.2) is 65.7 Å². The van der Waals surface area contributed by atoms with Crippen molar-refractivity contribution in [1.82, 2.24) is 4.90 Å². The Kier molecular flexibility index (Phi) is 8.46. The molecule has 1 saturated heterocycles. The van der Waals surface area contributed by atoms with Gasteiger partial charge in [-0.15, -0.1) is 11.3 Å². The first-order valence-electron chi connectivity index (χ1n) is 13.3. The van der Waals surface area contributed by atoms with E-state index in [2.05, 4.69) is 35.2 Å². The van der Waals surface area contributed by atoms with Gasteiger partial charge in [0.25, 0.3) is 0 Å². The molecule has 0 bridgehead atoms. The highest BCUT2D eigenvalue weighted by atomic mass is 35.5. The van der Waals surface area contributed by atoms with Crippen LogP contribution >= 0.6 is 22.9 Å². The summed E-state index contributed by atoms with van der Waals surface area (Å²) in [5, 5.41) is 1.53. The molecule has 5 rings (SSSR count). The lowest BCUT2D eigenvalue weighted by Gasteiger charge is -2.32. The monoisotopic (exact) mass is 554 g/mol. The maximum absolute atomic E-state index is 12.8. The summed E-state index contributed by atoms with van der Waals surface area (Å²) in [6, 6.07) is 9.53. The van der Waals surface area contributed by atoms with Crippen LogP contribution in [-0.4, -0.2) is 44.2 Å². The summed E-state index contributed by atoms with van der Waals surface area (Å²) in [5.74, 6) is 1.12. The van der Waals surface area contributed by atoms with E-state index in [4.69, 9.17) is 25.8 Å². The predicted molar refractivity (Wildman–Crippen MR) is 153 cm³/mol. The number of halogens is 1. The number of rotatable bonds is 7. The molecule has 1 aromatic heterocycles. The first-order chi connectivity index (χ1) is 18.4. The third-order valence-electron chi connectivity index (χ3n) is 7.38. The van der Waals surface area contributed by atoms with Gasteiger partial charge in [0.1, 0.15) is 23.0 Å². The fraction of sp³-hybridized carbons (Fsp3) is 0.433. The number of carbonyl (C=O) groups is 1. The average Bonchev–Trinajstić information content (AvgIpc) is 3.21. The number of anilines is 1. The minimum atomic E-state index is -0.416. The lowest BCUT2D eigenvalue weighted by molar-refractivity contribution is 0.0533. The molecule has 6 nitrogen and oxygen atoms in total. The van der Waals surface area contributed by atoms with Crippen molar-refractivity contribution in [2.45, 2.75) is 57.7 Å². The number of thiophene rings is 1. The highest BCUT2D eigenvalue weighted by Gasteiger charge is 2.28. The van der Waals surface area contributed by atoms with Gasteiger partial charge >= 0.3 is 5.97 Å². The minimum absolute atomic E-state index is 0.272. The van der Waals surface area contributed by atoms with Crippen molar-refractivity contribution in [3.05, 3.63) is 81.2 Å². The topological polar surface area (TPSA) is 51.2 Å². The number of likely N-dealkylation sites (tertiary alicyclic amines) is 1. The maximum atomic E-state index is 12.8. The van der Waals surface area contributed by atoms with E-state index in [1.807, 2.05) is 37.3 Å². The van der Waals surface area contributed by atoms with Crippen LogP contribution in [0.5, 0.6) is 5.75 Å². The molecule has 2 aliphatic heterocycles. The number of methoxy groups -OCH3 is 1. The Morgan fingerprint density at radius 1 is 1.16 bits per heavy atom. The van der Waals surface area contributed by atoms with Crippen LogP contribution < -0.4 is 9.64 Å². The van der Waals surface area contributed by atoms with Crippen molar-refractivity contribution in [3.8, 4) is 5.75 Å². The van der Waals surface area contributed by atoms with E-state index in [1.165, 1.54) is 24.0 Å². The zero-order valence-corrected chi connectivity index (χ0v) is 23.8. The van der Waals surface area contributed by atoms with E-state index < -0.39 is 5.97 Å². The lowest BCUT2D eigenvalue weighted by atomic mass is 9.96. The van der Waals surface area contributed by atoms with Gasteiger partial charge in [0.2, 0.25) is 0 Å². The Bertz CT molecular complexity index is 1260. The van der Waals surface area contributed by atoms with Gasteiger partial charge in [0.15, 0.2) is 4.88 Å². The van der Waals surface area contributed by atoms with Crippen molar-refractivity contribution >= 4 is 33.9 Å². The Hall–Kier alpha value is -2.74. The van der Waals surface area contributed by atoms with Crippen LogP contribution in [0.3, 0.4) is 0 Å². The molecule has 0 N–H and O–H groups in total. The molecule has 0 amide bonds. The third kappa shape index (κ3) is 5.95. The Balaban J connectivity index is 1.44. The predicted octanol–water partition coefficient (Wildman–Crippen LogP) is 7.48. The summed E-state index contributed by atoms with van der Waals surface area (Å²) in [7, 11) is 3.56. The molecule has 3 aliphatic rings. The molecular formula is C30H35ClN2O4S. The van der Waals surface area contributed by atoms with Gasteiger partial charge in [-0.1, -0.05) is 35.9 Å². The van der Waals surface area contributed by atoms with E-state index in [-0.39, 0.29) is 12.2 Å². The molecule has 0 saturated carbocycles. The lowest BCUT2D eigenvalue weighted by Crippen LogP contribution is -2.34. The van der Waals surface area contributed by atoms with Gasteiger partial charge in [0.05, 0.1) is 12.9 Å². The molecule has 1 aromatic carbocycles. The van der Waals surface area contributed by atoms with Gasteiger partial charge < -0.3 is 24.0 Å². The number of piperidine rings is 1. The quantitative estimate of drug-likeness (QED) is 0.331. The summed E-state index contributed by atoms with van der Waals surface area (Å²) in [4.78, 5) is 17.7. The first kappa shape index (κ1) is 26.9. The smallest absolute Gasteiger partial charge is 0.351 e. The third-order valence-corrected chi connectivity index (χ3v) is 8.82. The zero-order valence-electron chi connectivity index (χ0n) is 22.2. The van der Waals surface area contributed by atoms with E-state index in [9.17, 15) is 4.79 Å². The number of esters is 1. The number of hydrogen-bond acceptors (Lipinski definition) is 7. The second-order valence-corrected chi connectivity index (χ2v) is 11.5. The summed E-state index contributed by atoms with van der Waals surface area (Å²) < 4.78 is 17.9. The van der Waals surface area contributed by atoms with Crippen LogP contribution in [0.25, 0.3) is 0 Å². The SMILES string of the molecule is COC(=O)c1sc(N2C=CCCC3=C2C=C(OC2CCN(C)CC2)CC3)cc1O[C@H](C)c1ccccc1Cl. The highest BCUT2D eigenvalue weighted by Crippen LogP contribution is 2.43. The van der Waals surface area contributed by atoms with Crippen molar-refractivity contribution in [1.29, 1.82) is 0 Å². The van der Waals surface area contributed by atoms with Gasteiger partial charge in [-0.25, -0.2) is 4.79 Å². The first-order valence-corrected chi connectivity index (χ1v) is 14.5. The van der Waals surface area contributed by atoms with E-state index in [0.29, 0.717) is 15.6 Å². The van der Waals surface area contributed by atoms with Crippen LogP contribution in [0.2, 0.25) is 5.02 Å². The molecule has 1 atom stereocenters. The fourth-order valence-electron chi connectivity index (χ4n) is 5.20. The number of allylic oxidation sites excluding steroid dienone is 4. The van der Waals surface area contributed by atoms with E-state index in [0.717, 1.165) is 73.6 Å². The molecule has 0 radical (unpaired) electrons. The van der Waals surface area contributed by atoms with Crippen molar-refractivity contribution in [3.63, 3.8) is 0 Å². The second-order valence-electron chi connectivity index (χ2n) is 10.1. The normalized spacial score (nSPS) is 19.5. The van der Waals surface area contributed by atoms with Crippen LogP contribution in [0, 0.1) is 0 Å². The van der Waals surface area contributed by atoms with Crippen molar-refractivity contribution < 1.29 is 19.0 Å². The largest absolute Gasteiger partial charge is 0.495 e. The summed E-state index contributed by atoms with van der Waals surface area (Å²) in [6.45, 7) is 4.08. The van der Waals surface area contributed by atoms with Gasteiger partial charge in [-0.05, 0) is 63.8 Å². The number of hydrogen-bond donors (Lipinski definition) is 0. The molecule has 8 heteroatoms. The molecule has 2 aromatic rings. The molecular weight excluding hydrogens is 520 g/mol. The molecule has 0 unspecified atom stereocenters. The Morgan fingerprint density at radius 2 is 1.95 bits per heavy atom. The van der Waals surface area contributed by atoms with E-state index in [1.54, 1.807) is 0 Å². The Labute approximate surface area is 234 Å². The standard InChI is InChI=1S/C30H35ClN2O4S/c1-20(24-9-4-5-10-25(24)31)36-27-19-28(38-29(27)30(34)35-3)33-15-7-6-8-21-11-12-23(18-26(21)33)37-22-13-16-32(2)17-14-22/h4-5,7,9-10,15,18-20,22H,6,8,11-14,16-17H2,1-3H3/t20-/m1/s1. The number of ether oxygens (including phenoxy) is 3. The van der Waals surface area contributed by atoms with Crippen LogP contribution in [0.4, 0.5) is 5.00 Å². The minimum Gasteiger partial charge on any atom is -0.495 e. The molecule has 1 aliphatic carbocycles. The fourth-order valence-corrected chi connectivity index (χ4v) is 6.50. The Morgan fingerprint density at radius 3 is 2.71 bits per heavy atom. The highest BCUT2D eigenvalue weighted by molar-refractivity contribution is 7.18. The molecule has 38 heavy (non-hydrogen) atoms. The summed E-state index contributed by atoms with van der Waals surface area (Å²) >= 11 is 7.79. The maximum Gasteiger partial charge on any atom is 0.351 e. The zero-order chi connectivity index (χ0) is 26.6. The van der Waals surface area contributed by atoms with E-state index >= 15 is 0 Å². The number of nitrogens with zero attached hydrogens (tertiary/aromatic N) is 2. The van der Waals surface area contributed by atoms with Crippen molar-refractivity contribution in [2.24, 2.45) is 0 Å². The summed E-state index contributed by atoms with van der Waals surface area (Å²) in [6.07, 6.45) is 12.5. The number of carbonyl (C=O) groups excluding carboxylic acids is 1. The van der Waals surface area contributed by atoms with Gasteiger partial charge in [0, 0.05) is 48.1 Å². The number of benzene rings is 1. The average molecular weight is 555 g/mol. The van der Waals surface area contributed by atoms with Crippen LogP contribution in [0.1, 0.15) is 66.8 Å². The van der Waals surface area contributed by atoms with Crippen molar-refractivity contribution in [2.75, 3.05) is 32.1 Å². The molecule has 1 fully saturated rings. The molecule has 202 valence electrons. The van der Waals surface area contributed by atoms with Gasteiger partial charge in [-0.2, -0.15) is 0 Å². The molecule has 0 spiro atoms. The van der Waals surface area contributed by atoms with Gasteiger partial charge in [-0.3, -0.25) is 0 Å². The molecule has 3 heterocycles.